The van der Waals surface area contributed by atoms with E-state index in [1.807, 2.05) is 6.07 Å². The lowest BCUT2D eigenvalue weighted by Crippen LogP contribution is -2.24. The Labute approximate surface area is 113 Å². The van der Waals surface area contributed by atoms with Crippen LogP contribution in [0.2, 0.25) is 0 Å². The number of benzene rings is 1. The molecule has 2 N–H and O–H groups in total. The van der Waals surface area contributed by atoms with Crippen LogP contribution in [0.5, 0.6) is 0 Å². The highest BCUT2D eigenvalue weighted by atomic mass is 15.1. The number of aromatic amines is 1. The van der Waals surface area contributed by atoms with Crippen molar-refractivity contribution in [1.82, 2.24) is 10.2 Å². The normalized spacial score (nSPS) is 18.8. The highest BCUT2D eigenvalue weighted by Gasteiger charge is 2.41. The Balaban J connectivity index is 1.55. The molecule has 1 aromatic heterocycles. The predicted molar refractivity (Wildman–Crippen MR) is 76.9 cm³/mol. The van der Waals surface area contributed by atoms with Crippen molar-refractivity contribution >= 4 is 5.69 Å². The van der Waals surface area contributed by atoms with Crippen molar-refractivity contribution in [2.24, 2.45) is 11.8 Å². The second kappa shape index (κ2) is 4.41. The van der Waals surface area contributed by atoms with Gasteiger partial charge in [0.05, 0.1) is 5.69 Å². The van der Waals surface area contributed by atoms with E-state index in [4.69, 9.17) is 0 Å². The summed E-state index contributed by atoms with van der Waals surface area (Å²) in [6, 6.07) is 11.4. The standard InChI is InChI=1S/C16H19N3/c1-2-13(15-8-9-17-19-15)10-14(3-1)18-16(11-4-5-11)12-6-7-12/h1-3,8-12,16,18H,4-7H2,(H,17,19). The van der Waals surface area contributed by atoms with Gasteiger partial charge in [-0.05, 0) is 55.7 Å². The lowest BCUT2D eigenvalue weighted by atomic mass is 10.1. The van der Waals surface area contributed by atoms with Gasteiger partial charge in [0.1, 0.15) is 0 Å². The minimum atomic E-state index is 0.706. The lowest BCUT2D eigenvalue weighted by molar-refractivity contribution is 0.568. The molecule has 0 unspecified atom stereocenters. The number of nitrogens with zero attached hydrogens (tertiary/aromatic N) is 1. The van der Waals surface area contributed by atoms with Crippen LogP contribution in [0, 0.1) is 11.8 Å². The molecule has 0 amide bonds. The maximum atomic E-state index is 4.02. The van der Waals surface area contributed by atoms with E-state index in [0.29, 0.717) is 6.04 Å². The van der Waals surface area contributed by atoms with E-state index >= 15 is 0 Å². The third-order valence-corrected chi connectivity index (χ3v) is 4.27. The molecule has 2 fully saturated rings. The SMILES string of the molecule is c1cc(NC(C2CC2)C2CC2)cc(-c2ccn[nH]2)c1. The van der Waals surface area contributed by atoms with E-state index in [1.54, 1.807) is 6.20 Å². The molecule has 4 rings (SSSR count). The molecular weight excluding hydrogens is 234 g/mol. The van der Waals surface area contributed by atoms with Gasteiger partial charge in [0.2, 0.25) is 0 Å². The van der Waals surface area contributed by atoms with Gasteiger partial charge in [-0.25, -0.2) is 0 Å². The van der Waals surface area contributed by atoms with Crippen molar-refractivity contribution in [2.45, 2.75) is 31.7 Å². The van der Waals surface area contributed by atoms with Gasteiger partial charge in [0.15, 0.2) is 0 Å². The summed E-state index contributed by atoms with van der Waals surface area (Å²) in [5, 5.41) is 10.8. The quantitative estimate of drug-likeness (QED) is 0.853. The lowest BCUT2D eigenvalue weighted by Gasteiger charge is -2.19. The molecule has 3 nitrogen and oxygen atoms in total. The van der Waals surface area contributed by atoms with E-state index < -0.39 is 0 Å². The van der Waals surface area contributed by atoms with Gasteiger partial charge in [-0.15, -0.1) is 0 Å². The van der Waals surface area contributed by atoms with E-state index in [1.165, 1.54) is 36.9 Å². The van der Waals surface area contributed by atoms with Gasteiger partial charge >= 0.3 is 0 Å². The molecule has 2 aliphatic rings. The van der Waals surface area contributed by atoms with Crippen LogP contribution in [-0.4, -0.2) is 16.2 Å². The second-order valence-electron chi connectivity index (χ2n) is 5.90. The van der Waals surface area contributed by atoms with Gasteiger partial charge < -0.3 is 5.32 Å². The van der Waals surface area contributed by atoms with Crippen LogP contribution in [0.3, 0.4) is 0 Å². The molecule has 1 heterocycles. The highest BCUT2D eigenvalue weighted by molar-refractivity contribution is 5.64. The predicted octanol–water partition coefficient (Wildman–Crippen LogP) is 3.68. The summed E-state index contributed by atoms with van der Waals surface area (Å²) in [4.78, 5) is 0. The van der Waals surface area contributed by atoms with Crippen LogP contribution in [0.4, 0.5) is 5.69 Å². The fourth-order valence-electron chi connectivity index (χ4n) is 2.92. The van der Waals surface area contributed by atoms with Crippen LogP contribution in [0.15, 0.2) is 36.5 Å². The Morgan fingerprint density at radius 2 is 1.89 bits per heavy atom. The molecule has 0 atom stereocenters. The van der Waals surface area contributed by atoms with E-state index in [2.05, 4.69) is 39.8 Å². The molecule has 2 aliphatic carbocycles. The number of nitrogens with one attached hydrogen (secondary N) is 2. The van der Waals surface area contributed by atoms with Crippen molar-refractivity contribution < 1.29 is 0 Å². The maximum Gasteiger partial charge on any atom is 0.0650 e. The first-order valence-corrected chi connectivity index (χ1v) is 7.26. The van der Waals surface area contributed by atoms with E-state index in [-0.39, 0.29) is 0 Å². The molecule has 0 aliphatic heterocycles. The zero-order valence-corrected chi connectivity index (χ0v) is 11.0. The maximum absolute atomic E-state index is 4.02. The zero-order chi connectivity index (χ0) is 12.7. The number of hydrogen-bond acceptors (Lipinski definition) is 2. The molecular formula is C16H19N3. The van der Waals surface area contributed by atoms with E-state index in [0.717, 1.165) is 17.5 Å². The third kappa shape index (κ3) is 2.37. The fraction of sp³-hybridized carbons (Fsp3) is 0.438. The molecule has 3 heteroatoms. The van der Waals surface area contributed by atoms with Crippen molar-refractivity contribution in [2.75, 3.05) is 5.32 Å². The summed E-state index contributed by atoms with van der Waals surface area (Å²) in [5.41, 5.74) is 3.53. The Hall–Kier alpha value is -1.77. The first-order valence-electron chi connectivity index (χ1n) is 7.26. The third-order valence-electron chi connectivity index (χ3n) is 4.27. The molecule has 0 radical (unpaired) electrons. The Bertz CT molecular complexity index is 541. The van der Waals surface area contributed by atoms with Crippen LogP contribution in [0.1, 0.15) is 25.7 Å². The smallest absolute Gasteiger partial charge is 0.0650 e. The Morgan fingerprint density at radius 1 is 1.11 bits per heavy atom. The first kappa shape index (κ1) is 11.1. The Morgan fingerprint density at radius 3 is 2.53 bits per heavy atom. The molecule has 98 valence electrons. The van der Waals surface area contributed by atoms with Crippen molar-refractivity contribution in [3.8, 4) is 11.3 Å². The molecule has 2 aromatic rings. The first-order chi connectivity index (χ1) is 9.40. The van der Waals surface area contributed by atoms with Crippen molar-refractivity contribution in [3.63, 3.8) is 0 Å². The van der Waals surface area contributed by atoms with Gasteiger partial charge in [-0.2, -0.15) is 5.10 Å². The zero-order valence-electron chi connectivity index (χ0n) is 11.0. The van der Waals surface area contributed by atoms with Crippen LogP contribution < -0.4 is 5.32 Å². The monoisotopic (exact) mass is 253 g/mol. The summed E-state index contributed by atoms with van der Waals surface area (Å²) in [5.74, 6) is 1.84. The summed E-state index contributed by atoms with van der Waals surface area (Å²) in [6.45, 7) is 0. The number of anilines is 1. The highest BCUT2D eigenvalue weighted by Crippen LogP contribution is 2.46. The van der Waals surface area contributed by atoms with Gasteiger partial charge in [0.25, 0.3) is 0 Å². The number of hydrogen-bond donors (Lipinski definition) is 2. The molecule has 0 spiro atoms. The van der Waals surface area contributed by atoms with Crippen LogP contribution >= 0.6 is 0 Å². The number of H-pyrrole nitrogens is 1. The molecule has 2 saturated carbocycles. The minimum Gasteiger partial charge on any atom is -0.382 e. The second-order valence-corrected chi connectivity index (χ2v) is 5.90. The van der Waals surface area contributed by atoms with Crippen molar-refractivity contribution in [3.05, 3.63) is 36.5 Å². The number of rotatable bonds is 5. The summed E-state index contributed by atoms with van der Waals surface area (Å²) >= 11 is 0. The average molecular weight is 253 g/mol. The fourth-order valence-corrected chi connectivity index (χ4v) is 2.92. The van der Waals surface area contributed by atoms with Gasteiger partial charge in [0, 0.05) is 23.5 Å². The molecule has 1 aromatic carbocycles. The largest absolute Gasteiger partial charge is 0.382 e. The molecule has 0 saturated heterocycles. The van der Waals surface area contributed by atoms with Crippen LogP contribution in [0.25, 0.3) is 11.3 Å². The molecule has 0 bridgehead atoms. The van der Waals surface area contributed by atoms with E-state index in [9.17, 15) is 0 Å². The summed E-state index contributed by atoms with van der Waals surface area (Å²) < 4.78 is 0. The summed E-state index contributed by atoms with van der Waals surface area (Å²) in [7, 11) is 0. The van der Waals surface area contributed by atoms with Crippen molar-refractivity contribution in [1.29, 1.82) is 0 Å². The van der Waals surface area contributed by atoms with Crippen LogP contribution in [-0.2, 0) is 0 Å². The van der Waals surface area contributed by atoms with Gasteiger partial charge in [-0.3, -0.25) is 5.10 Å². The Kier molecular flexibility index (Phi) is 2.57. The van der Waals surface area contributed by atoms with Gasteiger partial charge in [-0.1, -0.05) is 12.1 Å². The molecule has 19 heavy (non-hydrogen) atoms. The minimum absolute atomic E-state index is 0.706. The number of aromatic nitrogens is 2. The average Bonchev–Trinajstić information content (AvgIpc) is 3.36. The summed E-state index contributed by atoms with van der Waals surface area (Å²) in [6.07, 6.45) is 7.44. The topological polar surface area (TPSA) is 40.7 Å².